The van der Waals surface area contributed by atoms with Gasteiger partial charge in [-0.15, -0.1) is 0 Å². The van der Waals surface area contributed by atoms with Crippen molar-refractivity contribution in [2.24, 2.45) is 11.7 Å². The van der Waals surface area contributed by atoms with Crippen molar-refractivity contribution in [3.05, 3.63) is 29.6 Å². The third-order valence-electron chi connectivity index (χ3n) is 4.70. The number of nitrogens with zero attached hydrogens (tertiary/aromatic N) is 2. The van der Waals surface area contributed by atoms with Gasteiger partial charge < -0.3 is 21.7 Å². The lowest BCUT2D eigenvalue weighted by Crippen LogP contribution is -2.43. The average Bonchev–Trinajstić information content (AvgIpc) is 2.97. The van der Waals surface area contributed by atoms with E-state index in [2.05, 4.69) is 44.9 Å². The average molecular weight is 348 g/mol. The molecule has 1 saturated heterocycles. The molecule has 0 aliphatic carbocycles. The van der Waals surface area contributed by atoms with Crippen LogP contribution in [-0.4, -0.2) is 61.2 Å². The summed E-state index contributed by atoms with van der Waals surface area (Å²) in [6, 6.07) is 4.59. The predicted molar refractivity (Wildman–Crippen MR) is 100 cm³/mol. The standard InChI is InChI=1S/C18H32N6O/c1-13-4-5-15(22-8-13)9-21-10-17-6-16(23-18(25)20-3)12-24(17)11-14(2)7-19/h4-5,8,14,16-17,21H,6-7,9-12,19H2,1-3H3,(H2,20,23,25)/t14-,16+,17-/m0/s1. The van der Waals surface area contributed by atoms with E-state index < -0.39 is 0 Å². The normalized spacial score (nSPS) is 21.9. The molecule has 1 aromatic heterocycles. The predicted octanol–water partition coefficient (Wildman–Crippen LogP) is 0.446. The number of nitrogens with two attached hydrogens (primary N) is 1. The second kappa shape index (κ2) is 9.70. The molecule has 2 heterocycles. The van der Waals surface area contributed by atoms with Gasteiger partial charge in [0.1, 0.15) is 0 Å². The molecule has 1 fully saturated rings. The van der Waals surface area contributed by atoms with Gasteiger partial charge in [0.2, 0.25) is 0 Å². The van der Waals surface area contributed by atoms with Gasteiger partial charge in [0.15, 0.2) is 0 Å². The molecular weight excluding hydrogens is 316 g/mol. The van der Waals surface area contributed by atoms with E-state index >= 15 is 0 Å². The fourth-order valence-corrected chi connectivity index (χ4v) is 3.23. The van der Waals surface area contributed by atoms with Crippen molar-refractivity contribution in [1.82, 2.24) is 25.8 Å². The number of aryl methyl sites for hydroxylation is 1. The molecular formula is C18H32N6O. The molecule has 0 unspecified atom stereocenters. The lowest BCUT2D eigenvalue weighted by Gasteiger charge is -2.27. The topological polar surface area (TPSA) is 95.3 Å². The molecule has 5 N–H and O–H groups in total. The second-order valence-electron chi connectivity index (χ2n) is 7.06. The third kappa shape index (κ3) is 6.26. The van der Waals surface area contributed by atoms with Crippen molar-refractivity contribution in [2.75, 3.05) is 33.2 Å². The maximum Gasteiger partial charge on any atom is 0.314 e. The number of rotatable bonds is 8. The zero-order valence-electron chi connectivity index (χ0n) is 15.6. The van der Waals surface area contributed by atoms with Gasteiger partial charge in [0, 0.05) is 51.5 Å². The van der Waals surface area contributed by atoms with Crippen molar-refractivity contribution in [2.45, 2.75) is 38.9 Å². The number of likely N-dealkylation sites (tertiary alicyclic amines) is 1. The number of hydrogen-bond donors (Lipinski definition) is 4. The van der Waals surface area contributed by atoms with Crippen LogP contribution in [0.2, 0.25) is 0 Å². The summed E-state index contributed by atoms with van der Waals surface area (Å²) in [5, 5.41) is 9.17. The van der Waals surface area contributed by atoms with Crippen LogP contribution in [0.25, 0.3) is 0 Å². The Bertz CT molecular complexity index is 535. The van der Waals surface area contributed by atoms with E-state index in [0.717, 1.165) is 38.3 Å². The molecule has 1 aromatic rings. The zero-order valence-corrected chi connectivity index (χ0v) is 15.6. The van der Waals surface area contributed by atoms with Gasteiger partial charge in [0.05, 0.1) is 5.69 Å². The van der Waals surface area contributed by atoms with Gasteiger partial charge >= 0.3 is 6.03 Å². The highest BCUT2D eigenvalue weighted by Gasteiger charge is 2.32. The van der Waals surface area contributed by atoms with E-state index in [1.165, 1.54) is 5.56 Å². The molecule has 0 aromatic carbocycles. The van der Waals surface area contributed by atoms with Crippen LogP contribution in [0.4, 0.5) is 4.79 Å². The van der Waals surface area contributed by atoms with Gasteiger partial charge in [0.25, 0.3) is 0 Å². The molecule has 1 aliphatic rings. The Labute approximate surface area is 150 Å². The highest BCUT2D eigenvalue weighted by molar-refractivity contribution is 5.73. The molecule has 0 saturated carbocycles. The molecule has 7 nitrogen and oxygen atoms in total. The fraction of sp³-hybridized carbons (Fsp3) is 0.667. The minimum Gasteiger partial charge on any atom is -0.341 e. The summed E-state index contributed by atoms with van der Waals surface area (Å²) < 4.78 is 0. The Balaban J connectivity index is 1.87. The molecule has 1 aliphatic heterocycles. The number of carbonyl (C=O) groups excluding carboxylic acids is 1. The van der Waals surface area contributed by atoms with Gasteiger partial charge in [-0.25, -0.2) is 4.79 Å². The first kappa shape index (κ1) is 19.6. The SMILES string of the molecule is CNC(=O)N[C@@H]1C[C@@H](CNCc2ccc(C)cn2)N(C[C@@H](C)CN)C1. The monoisotopic (exact) mass is 348 g/mol. The lowest BCUT2D eigenvalue weighted by molar-refractivity contribution is 0.214. The van der Waals surface area contributed by atoms with Crippen LogP contribution in [0.3, 0.4) is 0 Å². The third-order valence-corrected chi connectivity index (χ3v) is 4.70. The van der Waals surface area contributed by atoms with Crippen LogP contribution >= 0.6 is 0 Å². The van der Waals surface area contributed by atoms with Crippen molar-refractivity contribution in [3.8, 4) is 0 Å². The van der Waals surface area contributed by atoms with E-state index in [9.17, 15) is 4.79 Å². The molecule has 0 bridgehead atoms. The Morgan fingerprint density at radius 3 is 2.92 bits per heavy atom. The van der Waals surface area contributed by atoms with Crippen molar-refractivity contribution >= 4 is 6.03 Å². The van der Waals surface area contributed by atoms with Crippen molar-refractivity contribution in [3.63, 3.8) is 0 Å². The smallest absolute Gasteiger partial charge is 0.314 e. The van der Waals surface area contributed by atoms with Gasteiger partial charge in [-0.2, -0.15) is 0 Å². The van der Waals surface area contributed by atoms with E-state index in [4.69, 9.17) is 5.73 Å². The van der Waals surface area contributed by atoms with E-state index in [1.807, 2.05) is 13.1 Å². The maximum atomic E-state index is 11.6. The van der Waals surface area contributed by atoms with Crippen LogP contribution in [-0.2, 0) is 6.54 Å². The molecule has 2 amide bonds. The molecule has 0 spiro atoms. The number of urea groups is 1. The number of pyridine rings is 1. The molecule has 3 atom stereocenters. The van der Waals surface area contributed by atoms with Gasteiger partial charge in [-0.05, 0) is 37.4 Å². The summed E-state index contributed by atoms with van der Waals surface area (Å²) in [6.45, 7) is 8.34. The molecule has 0 radical (unpaired) electrons. The van der Waals surface area contributed by atoms with E-state index in [0.29, 0.717) is 18.5 Å². The van der Waals surface area contributed by atoms with Crippen molar-refractivity contribution < 1.29 is 4.79 Å². The number of aromatic nitrogens is 1. The van der Waals surface area contributed by atoms with E-state index in [-0.39, 0.29) is 12.1 Å². The number of nitrogens with one attached hydrogen (secondary N) is 3. The summed E-state index contributed by atoms with van der Waals surface area (Å²) in [6.07, 6.45) is 2.84. The fourth-order valence-electron chi connectivity index (χ4n) is 3.23. The van der Waals surface area contributed by atoms with Crippen LogP contribution in [0.15, 0.2) is 18.3 Å². The van der Waals surface area contributed by atoms with Crippen LogP contribution < -0.4 is 21.7 Å². The highest BCUT2D eigenvalue weighted by Crippen LogP contribution is 2.19. The Kier molecular flexibility index (Phi) is 7.61. The summed E-state index contributed by atoms with van der Waals surface area (Å²) in [7, 11) is 1.65. The Hall–Kier alpha value is -1.70. The lowest BCUT2D eigenvalue weighted by atomic mass is 10.1. The minimum absolute atomic E-state index is 0.116. The maximum absolute atomic E-state index is 11.6. The number of hydrogen-bond acceptors (Lipinski definition) is 5. The summed E-state index contributed by atoms with van der Waals surface area (Å²) in [4.78, 5) is 18.5. The molecule has 2 rings (SSSR count). The first-order valence-electron chi connectivity index (χ1n) is 9.06. The van der Waals surface area contributed by atoms with Gasteiger partial charge in [-0.3, -0.25) is 9.88 Å². The largest absolute Gasteiger partial charge is 0.341 e. The molecule has 25 heavy (non-hydrogen) atoms. The summed E-state index contributed by atoms with van der Waals surface area (Å²) >= 11 is 0. The first-order valence-corrected chi connectivity index (χ1v) is 9.06. The Morgan fingerprint density at radius 2 is 2.28 bits per heavy atom. The summed E-state index contributed by atoms with van der Waals surface area (Å²) in [5.74, 6) is 0.444. The van der Waals surface area contributed by atoms with Gasteiger partial charge in [-0.1, -0.05) is 13.0 Å². The molecule has 7 heteroatoms. The second-order valence-corrected chi connectivity index (χ2v) is 7.06. The zero-order chi connectivity index (χ0) is 18.2. The van der Waals surface area contributed by atoms with Crippen LogP contribution in [0.5, 0.6) is 0 Å². The molecule has 140 valence electrons. The van der Waals surface area contributed by atoms with Crippen LogP contribution in [0.1, 0.15) is 24.6 Å². The summed E-state index contributed by atoms with van der Waals surface area (Å²) in [5.41, 5.74) is 8.01. The minimum atomic E-state index is -0.116. The quantitative estimate of drug-likeness (QED) is 0.547. The highest BCUT2D eigenvalue weighted by atomic mass is 16.2. The number of amides is 2. The van der Waals surface area contributed by atoms with E-state index in [1.54, 1.807) is 7.05 Å². The van der Waals surface area contributed by atoms with Crippen LogP contribution in [0, 0.1) is 12.8 Å². The first-order chi connectivity index (χ1) is 12.0. The number of carbonyl (C=O) groups is 1. The Morgan fingerprint density at radius 1 is 1.48 bits per heavy atom. The van der Waals surface area contributed by atoms with Crippen molar-refractivity contribution in [1.29, 1.82) is 0 Å².